The standard InChI is InChI=1S/C30H33ClFN7O3.CH4/c1-37(28(40)12-11-21-8-4-10-25(32)29(21)31)24(9-5-13-38-14-15-39-20-34-36-27(39)18-38)19-42-30(41)35-26-16-22-6-2-3-7-23(22)17-33-26;/h2-4,6-8,10,16-17,20,24H,5,9,11-15,18-19H2,1H3,(H,33,35,41);1H4/t24-;/m0./s1. The highest BCUT2D eigenvalue weighted by Gasteiger charge is 2.24. The van der Waals surface area contributed by atoms with Crippen molar-refractivity contribution in [1.82, 2.24) is 29.5 Å². The third kappa shape index (κ3) is 8.26. The quantitative estimate of drug-likeness (QED) is 0.237. The van der Waals surface area contributed by atoms with E-state index in [9.17, 15) is 14.0 Å². The summed E-state index contributed by atoms with van der Waals surface area (Å²) in [7, 11) is 1.70. The zero-order chi connectivity index (χ0) is 29.5. The van der Waals surface area contributed by atoms with Gasteiger partial charge in [-0.15, -0.1) is 10.2 Å². The van der Waals surface area contributed by atoms with E-state index in [1.807, 2.05) is 28.8 Å². The predicted molar refractivity (Wildman–Crippen MR) is 164 cm³/mol. The van der Waals surface area contributed by atoms with Gasteiger partial charge in [-0.1, -0.05) is 55.4 Å². The van der Waals surface area contributed by atoms with Crippen LogP contribution in [0.1, 0.15) is 38.1 Å². The summed E-state index contributed by atoms with van der Waals surface area (Å²) in [6, 6.07) is 13.7. The van der Waals surface area contributed by atoms with Crippen LogP contribution >= 0.6 is 11.6 Å². The van der Waals surface area contributed by atoms with Crippen LogP contribution in [-0.4, -0.2) is 74.3 Å². The van der Waals surface area contributed by atoms with Gasteiger partial charge >= 0.3 is 6.09 Å². The van der Waals surface area contributed by atoms with E-state index in [0.717, 1.165) is 42.7 Å². The van der Waals surface area contributed by atoms with E-state index in [0.29, 0.717) is 30.8 Å². The van der Waals surface area contributed by atoms with Gasteiger partial charge in [0, 0.05) is 38.1 Å². The number of pyridine rings is 1. The smallest absolute Gasteiger partial charge is 0.412 e. The van der Waals surface area contributed by atoms with Gasteiger partial charge in [-0.3, -0.25) is 15.0 Å². The fraction of sp³-hybridized carbons (Fsp3) is 0.387. The van der Waals surface area contributed by atoms with E-state index >= 15 is 0 Å². The molecule has 0 saturated carbocycles. The molecule has 10 nitrogen and oxygen atoms in total. The van der Waals surface area contributed by atoms with Gasteiger partial charge in [-0.25, -0.2) is 14.2 Å². The number of hydrogen-bond donors (Lipinski definition) is 1. The number of aryl methyl sites for hydroxylation is 1. The van der Waals surface area contributed by atoms with Crippen molar-refractivity contribution in [3.05, 3.63) is 83.3 Å². The largest absolute Gasteiger partial charge is 0.447 e. The maximum absolute atomic E-state index is 13.9. The molecule has 0 spiro atoms. The van der Waals surface area contributed by atoms with Crippen molar-refractivity contribution in [2.24, 2.45) is 0 Å². The average Bonchev–Trinajstić information content (AvgIpc) is 3.47. The maximum Gasteiger partial charge on any atom is 0.412 e. The van der Waals surface area contributed by atoms with E-state index < -0.39 is 11.9 Å². The minimum Gasteiger partial charge on any atom is -0.447 e. The summed E-state index contributed by atoms with van der Waals surface area (Å²) in [6.45, 7) is 3.25. The Balaban J connectivity index is 0.00000423. The number of fused-ring (bicyclic) bond motifs is 2. The second-order valence-corrected chi connectivity index (χ2v) is 10.7. The number of benzene rings is 2. The van der Waals surface area contributed by atoms with Crippen LogP contribution in [0.5, 0.6) is 0 Å². The molecule has 1 atom stereocenters. The first-order valence-electron chi connectivity index (χ1n) is 13.9. The lowest BCUT2D eigenvalue weighted by molar-refractivity contribution is -0.133. The Hall–Kier alpha value is -4.09. The average molecular weight is 610 g/mol. The van der Waals surface area contributed by atoms with Crippen LogP contribution in [0, 0.1) is 5.82 Å². The second-order valence-electron chi connectivity index (χ2n) is 10.4. The van der Waals surface area contributed by atoms with Crippen molar-refractivity contribution in [3.8, 4) is 0 Å². The van der Waals surface area contributed by atoms with Crippen LogP contribution in [0.25, 0.3) is 10.8 Å². The zero-order valence-electron chi connectivity index (χ0n) is 23.4. The molecule has 0 saturated heterocycles. The number of amides is 2. The van der Waals surface area contributed by atoms with E-state index in [1.165, 1.54) is 6.07 Å². The van der Waals surface area contributed by atoms with Gasteiger partial charge < -0.3 is 14.2 Å². The molecule has 0 bridgehead atoms. The van der Waals surface area contributed by atoms with Crippen molar-refractivity contribution < 1.29 is 18.7 Å². The number of carbonyl (C=O) groups excluding carboxylic acids is 2. The minimum absolute atomic E-state index is 0. The van der Waals surface area contributed by atoms with Crippen molar-refractivity contribution in [3.63, 3.8) is 0 Å². The molecule has 5 rings (SSSR count). The number of nitrogens with zero attached hydrogens (tertiary/aromatic N) is 6. The molecule has 3 heterocycles. The van der Waals surface area contributed by atoms with Gasteiger partial charge in [0.25, 0.3) is 0 Å². The topological polar surface area (TPSA) is 105 Å². The number of rotatable bonds is 11. The predicted octanol–water partition coefficient (Wildman–Crippen LogP) is 5.56. The zero-order valence-corrected chi connectivity index (χ0v) is 24.1. The summed E-state index contributed by atoms with van der Waals surface area (Å²) in [5.74, 6) is 0.656. The van der Waals surface area contributed by atoms with Gasteiger partial charge in [-0.2, -0.15) is 0 Å². The molecular formula is C31H37ClFN7O3. The number of aromatic nitrogens is 4. The molecule has 0 unspecified atom stereocenters. The number of likely N-dealkylation sites (N-methyl/N-ethyl adjacent to an activating group) is 1. The van der Waals surface area contributed by atoms with Crippen molar-refractivity contribution in [1.29, 1.82) is 0 Å². The van der Waals surface area contributed by atoms with Crippen molar-refractivity contribution in [2.75, 3.05) is 32.1 Å². The highest BCUT2D eigenvalue weighted by molar-refractivity contribution is 6.31. The molecule has 1 aliphatic rings. The summed E-state index contributed by atoms with van der Waals surface area (Å²) in [5, 5.41) is 12.8. The van der Waals surface area contributed by atoms with Gasteiger partial charge in [0.1, 0.15) is 30.4 Å². The van der Waals surface area contributed by atoms with Crippen LogP contribution in [0.3, 0.4) is 0 Å². The summed E-state index contributed by atoms with van der Waals surface area (Å²) in [5.41, 5.74) is 0.575. The molecule has 1 N–H and O–H groups in total. The first-order valence-corrected chi connectivity index (χ1v) is 14.3. The fourth-order valence-electron chi connectivity index (χ4n) is 5.07. The Morgan fingerprint density at radius 2 is 1.98 bits per heavy atom. The van der Waals surface area contributed by atoms with E-state index in [4.69, 9.17) is 16.3 Å². The number of carbonyl (C=O) groups is 2. The van der Waals surface area contributed by atoms with Crippen LogP contribution in [0.2, 0.25) is 5.02 Å². The molecule has 0 radical (unpaired) electrons. The highest BCUT2D eigenvalue weighted by Crippen LogP contribution is 2.22. The van der Waals surface area contributed by atoms with Crippen LogP contribution in [0.15, 0.2) is 61.1 Å². The molecule has 2 aromatic carbocycles. The van der Waals surface area contributed by atoms with E-state index in [-0.39, 0.29) is 37.4 Å². The Morgan fingerprint density at radius 3 is 2.81 bits per heavy atom. The van der Waals surface area contributed by atoms with Crippen LogP contribution in [-0.2, 0) is 29.0 Å². The fourth-order valence-corrected chi connectivity index (χ4v) is 5.29. The lowest BCUT2D eigenvalue weighted by Gasteiger charge is -2.30. The SMILES string of the molecule is C.CN(C(=O)CCc1cccc(F)c1Cl)[C@@H](CCCN1CCn2cnnc2C1)COC(=O)Nc1cc2ccccc2cn1. The minimum atomic E-state index is -0.648. The van der Waals surface area contributed by atoms with Gasteiger partial charge in [-0.05, 0) is 48.9 Å². The van der Waals surface area contributed by atoms with Crippen LogP contribution in [0.4, 0.5) is 15.0 Å². The summed E-state index contributed by atoms with van der Waals surface area (Å²) < 4.78 is 21.5. The number of hydrogen-bond acceptors (Lipinski definition) is 7. The number of anilines is 1. The lowest BCUT2D eigenvalue weighted by atomic mass is 10.1. The Bertz CT molecular complexity index is 1550. The molecule has 2 amide bonds. The maximum atomic E-state index is 13.9. The van der Waals surface area contributed by atoms with Gasteiger partial charge in [0.2, 0.25) is 5.91 Å². The Labute approximate surface area is 255 Å². The summed E-state index contributed by atoms with van der Waals surface area (Å²) in [4.78, 5) is 34.1. The van der Waals surface area contributed by atoms with Crippen LogP contribution < -0.4 is 5.32 Å². The van der Waals surface area contributed by atoms with Gasteiger partial charge in [0.05, 0.1) is 17.6 Å². The third-order valence-electron chi connectivity index (χ3n) is 7.58. The molecule has 1 aliphatic heterocycles. The molecular weight excluding hydrogens is 573 g/mol. The number of halogens is 2. The normalized spacial score (nSPS) is 13.6. The summed E-state index contributed by atoms with van der Waals surface area (Å²) >= 11 is 6.08. The monoisotopic (exact) mass is 609 g/mol. The first kappa shape index (κ1) is 31.8. The lowest BCUT2D eigenvalue weighted by Crippen LogP contribution is -2.42. The van der Waals surface area contributed by atoms with E-state index in [2.05, 4.69) is 25.4 Å². The molecule has 4 aromatic rings. The van der Waals surface area contributed by atoms with Crippen molar-refractivity contribution >= 4 is 40.2 Å². The third-order valence-corrected chi connectivity index (χ3v) is 8.00. The summed E-state index contributed by atoms with van der Waals surface area (Å²) in [6.07, 6.45) is 4.63. The molecule has 43 heavy (non-hydrogen) atoms. The molecule has 2 aromatic heterocycles. The van der Waals surface area contributed by atoms with Gasteiger partial charge in [0.15, 0.2) is 0 Å². The molecule has 0 fully saturated rings. The van der Waals surface area contributed by atoms with Crippen molar-refractivity contribution in [2.45, 2.75) is 52.2 Å². The molecule has 228 valence electrons. The molecule has 0 aliphatic carbocycles. The number of nitrogens with one attached hydrogen (secondary N) is 1. The molecule has 12 heteroatoms. The number of ether oxygens (including phenoxy) is 1. The Morgan fingerprint density at radius 1 is 1.16 bits per heavy atom. The van der Waals surface area contributed by atoms with E-state index in [1.54, 1.807) is 42.7 Å². The second kappa shape index (κ2) is 14.9. The Kier molecular flexibility index (Phi) is 11.0. The highest BCUT2D eigenvalue weighted by atomic mass is 35.5. The first-order chi connectivity index (χ1) is 20.4.